The molecule has 226 valence electrons. The van der Waals surface area contributed by atoms with Crippen LogP contribution in [0.1, 0.15) is 44.4 Å². The van der Waals surface area contributed by atoms with Gasteiger partial charge in [-0.1, -0.05) is 49.2 Å². The summed E-state index contributed by atoms with van der Waals surface area (Å²) in [6.45, 7) is 4.59. The molecule has 3 heterocycles. The van der Waals surface area contributed by atoms with Crippen LogP contribution in [0.25, 0.3) is 11.6 Å². The summed E-state index contributed by atoms with van der Waals surface area (Å²) in [5.41, 5.74) is 5.42. The number of allylic oxidation sites excluding steroid dienone is 2. The highest BCUT2D eigenvalue weighted by Crippen LogP contribution is 2.52. The molecule has 2 aliphatic heterocycles. The average molecular weight is 613 g/mol. The van der Waals surface area contributed by atoms with Crippen LogP contribution in [0.4, 0.5) is 5.69 Å². The molecule has 3 N–H and O–H groups in total. The van der Waals surface area contributed by atoms with Gasteiger partial charge in [0.1, 0.15) is 5.75 Å². The fourth-order valence-corrected chi connectivity index (χ4v) is 7.20. The Morgan fingerprint density at radius 3 is 2.61 bits per heavy atom. The second-order valence-corrected chi connectivity index (χ2v) is 12.4. The van der Waals surface area contributed by atoms with Gasteiger partial charge >= 0.3 is 7.12 Å². The molecule has 2 fully saturated rings. The van der Waals surface area contributed by atoms with Gasteiger partial charge in [0.25, 0.3) is 0 Å². The lowest BCUT2D eigenvalue weighted by Crippen LogP contribution is -2.36. The number of nitrogens with zero attached hydrogens (tertiary/aromatic N) is 2. The number of pyridine rings is 1. The van der Waals surface area contributed by atoms with Crippen molar-refractivity contribution in [1.29, 1.82) is 0 Å². The number of imide groups is 1. The van der Waals surface area contributed by atoms with Crippen molar-refractivity contribution in [1.82, 2.24) is 4.98 Å². The highest BCUT2D eigenvalue weighted by Gasteiger charge is 2.57. The Kier molecular flexibility index (Phi) is 8.48. The van der Waals surface area contributed by atoms with Gasteiger partial charge < -0.3 is 19.9 Å². The maximum atomic E-state index is 13.9. The van der Waals surface area contributed by atoms with Crippen LogP contribution in [0.2, 0.25) is 5.02 Å². The zero-order valence-electron chi connectivity index (χ0n) is 24.6. The lowest BCUT2D eigenvalue weighted by atomic mass is 9.67. The fraction of sp³-hybridized carbons (Fsp3) is 0.324. The van der Waals surface area contributed by atoms with Crippen LogP contribution in [0.5, 0.6) is 5.75 Å². The van der Waals surface area contributed by atoms with E-state index in [1.54, 1.807) is 36.5 Å². The van der Waals surface area contributed by atoms with Crippen LogP contribution in [0.3, 0.4) is 0 Å². The topological polar surface area (TPSA) is 120 Å². The molecule has 10 heteroatoms. The second kappa shape index (κ2) is 12.3. The van der Waals surface area contributed by atoms with Gasteiger partial charge in [-0.2, -0.15) is 0 Å². The quantitative estimate of drug-likeness (QED) is 0.193. The van der Waals surface area contributed by atoms with Crippen molar-refractivity contribution < 1.29 is 29.5 Å². The van der Waals surface area contributed by atoms with Crippen LogP contribution in [0, 0.1) is 23.7 Å². The minimum atomic E-state index is -1.70. The number of hydrogen-bond donors (Lipinski definition) is 3. The summed E-state index contributed by atoms with van der Waals surface area (Å²) in [6, 6.07) is 16.9. The van der Waals surface area contributed by atoms with Crippen molar-refractivity contribution in [2.75, 3.05) is 11.5 Å². The van der Waals surface area contributed by atoms with Crippen LogP contribution < -0.4 is 10.4 Å². The van der Waals surface area contributed by atoms with E-state index in [-0.39, 0.29) is 41.0 Å². The molecule has 44 heavy (non-hydrogen) atoms. The number of phenols is 1. The van der Waals surface area contributed by atoms with E-state index < -0.39 is 19.0 Å². The average Bonchev–Trinajstić information content (AvgIpc) is 3.54. The Morgan fingerprint density at radius 1 is 1.09 bits per heavy atom. The summed E-state index contributed by atoms with van der Waals surface area (Å²) >= 11 is 6.45. The number of rotatable bonds is 8. The van der Waals surface area contributed by atoms with Gasteiger partial charge in [-0.25, -0.2) is 0 Å². The number of benzene rings is 2. The number of fused-ring (bicyclic) bond motifs is 3. The van der Waals surface area contributed by atoms with Crippen LogP contribution in [-0.4, -0.2) is 51.8 Å². The minimum absolute atomic E-state index is 0.0953. The van der Waals surface area contributed by atoms with E-state index >= 15 is 0 Å². The largest absolute Gasteiger partial charge is 0.508 e. The Bertz CT molecular complexity index is 1660. The summed E-state index contributed by atoms with van der Waals surface area (Å²) in [5, 5.41) is 29.6. The number of anilines is 1. The number of carbonyl (C=O) groups excluding carboxylic acids is 2. The number of hydrogen-bond acceptors (Lipinski definition) is 7. The third-order valence-electron chi connectivity index (χ3n) is 9.05. The summed E-state index contributed by atoms with van der Waals surface area (Å²) in [4.78, 5) is 33.5. The summed E-state index contributed by atoms with van der Waals surface area (Å²) in [7, 11) is -1.70. The molecule has 0 saturated carbocycles. The molecule has 8 nitrogen and oxygen atoms in total. The maximum Gasteiger partial charge on any atom is 0.488 e. The van der Waals surface area contributed by atoms with Gasteiger partial charge in [-0.05, 0) is 95.9 Å². The monoisotopic (exact) mass is 612 g/mol. The summed E-state index contributed by atoms with van der Waals surface area (Å²) in [6.07, 6.45) is 5.29. The SMILES string of the molecule is CC(C)C1=C2[C@@H](CC/C(=C/c3ccc(O)cc3Cl)c3ccccn3)OC[C@@H]2[C@@H]2C(=O)N(c3cccc(B(O)O)c3)C(=O)[C@@H]2C1. The van der Waals surface area contributed by atoms with Crippen molar-refractivity contribution in [3.8, 4) is 5.75 Å². The van der Waals surface area contributed by atoms with Crippen molar-refractivity contribution in [3.05, 3.63) is 94.3 Å². The Balaban J connectivity index is 1.29. The molecule has 3 aromatic rings. The Morgan fingerprint density at radius 2 is 1.91 bits per heavy atom. The van der Waals surface area contributed by atoms with Gasteiger partial charge in [0.05, 0.1) is 41.0 Å². The van der Waals surface area contributed by atoms with Gasteiger partial charge in [0.15, 0.2) is 0 Å². The molecule has 0 bridgehead atoms. The number of phenolic OH excluding ortho intramolecular Hbond substituents is 1. The highest BCUT2D eigenvalue weighted by atomic mass is 35.5. The molecular weight excluding hydrogens is 579 g/mol. The van der Waals surface area contributed by atoms with E-state index in [0.717, 1.165) is 22.4 Å². The zero-order chi connectivity index (χ0) is 31.1. The van der Waals surface area contributed by atoms with E-state index in [4.69, 9.17) is 16.3 Å². The first-order chi connectivity index (χ1) is 21.1. The third-order valence-corrected chi connectivity index (χ3v) is 9.38. The first-order valence-corrected chi connectivity index (χ1v) is 15.3. The van der Waals surface area contributed by atoms with Crippen molar-refractivity contribution in [2.24, 2.45) is 23.7 Å². The first kappa shape index (κ1) is 30.3. The summed E-state index contributed by atoms with van der Waals surface area (Å²) < 4.78 is 6.43. The Labute approximate surface area is 261 Å². The fourth-order valence-electron chi connectivity index (χ4n) is 6.97. The van der Waals surface area contributed by atoms with Crippen molar-refractivity contribution in [3.63, 3.8) is 0 Å². The van der Waals surface area contributed by atoms with E-state index in [9.17, 15) is 24.7 Å². The van der Waals surface area contributed by atoms with Gasteiger partial charge in [0.2, 0.25) is 11.8 Å². The lowest BCUT2D eigenvalue weighted by Gasteiger charge is -2.33. The van der Waals surface area contributed by atoms with E-state index in [1.807, 2.05) is 24.3 Å². The molecular formula is C34H34BClN2O6. The predicted octanol–water partition coefficient (Wildman–Crippen LogP) is 4.62. The number of amides is 2. The van der Waals surface area contributed by atoms with Crippen LogP contribution >= 0.6 is 11.6 Å². The number of carbonyl (C=O) groups is 2. The first-order valence-electron chi connectivity index (χ1n) is 14.9. The highest BCUT2D eigenvalue weighted by molar-refractivity contribution is 6.58. The van der Waals surface area contributed by atoms with E-state index in [1.165, 1.54) is 22.6 Å². The molecule has 0 unspecified atom stereocenters. The molecule has 2 amide bonds. The molecule has 2 saturated heterocycles. The predicted molar refractivity (Wildman–Crippen MR) is 170 cm³/mol. The van der Waals surface area contributed by atoms with E-state index in [0.29, 0.717) is 36.6 Å². The van der Waals surface area contributed by atoms with Gasteiger partial charge in [0, 0.05) is 12.1 Å². The van der Waals surface area contributed by atoms with Gasteiger partial charge in [-0.3, -0.25) is 19.5 Å². The normalized spacial score (nSPS) is 23.4. The van der Waals surface area contributed by atoms with Crippen molar-refractivity contribution >= 4 is 53.3 Å². The van der Waals surface area contributed by atoms with Crippen molar-refractivity contribution in [2.45, 2.75) is 39.2 Å². The second-order valence-electron chi connectivity index (χ2n) is 12.0. The van der Waals surface area contributed by atoms with Gasteiger partial charge in [-0.15, -0.1) is 0 Å². The Hall–Kier alpha value is -3.76. The number of halogens is 1. The number of aromatic nitrogens is 1. The maximum absolute atomic E-state index is 13.9. The minimum Gasteiger partial charge on any atom is -0.508 e. The molecule has 0 spiro atoms. The standard InChI is InChI=1S/C34H34BClN2O6/c1-19(2)25-17-26-32(34(41)38(33(26)40)23-7-5-6-22(15-23)35(42)43)27-18-44-30(31(25)27)12-10-21(29-8-3-4-13-37-29)14-20-9-11-24(39)16-28(20)36/h3-9,11,13-16,19,26-27,30,32,39,42-43H,10,12,17-18H2,1-2H3/b21-14-/t26-,27+,30-,32-/m1/s1. The van der Waals surface area contributed by atoms with E-state index in [2.05, 4.69) is 18.8 Å². The lowest BCUT2D eigenvalue weighted by molar-refractivity contribution is -0.122. The molecule has 3 aliphatic rings. The number of ether oxygens (including phenoxy) is 1. The third kappa shape index (κ3) is 5.61. The molecule has 4 atom stereocenters. The molecule has 2 aromatic carbocycles. The molecule has 1 aliphatic carbocycles. The summed E-state index contributed by atoms with van der Waals surface area (Å²) in [5.74, 6) is -1.49. The number of aromatic hydroxyl groups is 1. The van der Waals surface area contributed by atoms with Crippen LogP contribution in [0.15, 0.2) is 78.0 Å². The van der Waals surface area contributed by atoms with Crippen LogP contribution in [-0.2, 0) is 14.3 Å². The zero-order valence-corrected chi connectivity index (χ0v) is 25.3. The molecule has 1 aromatic heterocycles. The smallest absolute Gasteiger partial charge is 0.488 e. The molecule has 6 rings (SSSR count). The molecule has 0 radical (unpaired) electrons.